The van der Waals surface area contributed by atoms with E-state index in [2.05, 4.69) is 10.6 Å². The highest BCUT2D eigenvalue weighted by Gasteiger charge is 2.26. The lowest BCUT2D eigenvalue weighted by Crippen LogP contribution is -2.48. The fourth-order valence-corrected chi connectivity index (χ4v) is 3.51. The van der Waals surface area contributed by atoms with E-state index in [1.54, 1.807) is 0 Å². The van der Waals surface area contributed by atoms with Gasteiger partial charge in [-0.1, -0.05) is 19.3 Å². The van der Waals surface area contributed by atoms with E-state index in [9.17, 15) is 4.79 Å². The molecule has 0 bridgehead atoms. The normalized spacial score (nSPS) is 24.4. The van der Waals surface area contributed by atoms with E-state index in [1.165, 1.54) is 32.1 Å². The summed E-state index contributed by atoms with van der Waals surface area (Å²) in [5.74, 6) is 1.27. The highest BCUT2D eigenvalue weighted by atomic mass is 16.6. The van der Waals surface area contributed by atoms with E-state index in [4.69, 9.17) is 9.47 Å². The van der Waals surface area contributed by atoms with Gasteiger partial charge in [-0.15, -0.1) is 0 Å². The molecule has 1 saturated heterocycles. The second kappa shape index (κ2) is 8.88. The van der Waals surface area contributed by atoms with Crippen LogP contribution in [0.1, 0.15) is 59.3 Å². The summed E-state index contributed by atoms with van der Waals surface area (Å²) in [5, 5.41) is 6.66. The summed E-state index contributed by atoms with van der Waals surface area (Å²) >= 11 is 0. The molecular formula is C18H34N2O3. The van der Waals surface area contributed by atoms with Gasteiger partial charge in [0.05, 0.1) is 6.61 Å². The summed E-state index contributed by atoms with van der Waals surface area (Å²) in [6, 6.07) is 0.336. The molecule has 23 heavy (non-hydrogen) atoms. The second-order valence-electron chi connectivity index (χ2n) is 8.03. The van der Waals surface area contributed by atoms with Gasteiger partial charge < -0.3 is 20.1 Å². The molecule has 5 heteroatoms. The molecular weight excluding hydrogens is 292 g/mol. The standard InChI is InChI=1S/C18H34N2O3/c1-18(2,3)23-17(21)20-12-16(15-7-5-4-6-8-15)19-11-14-9-10-22-13-14/h14-16,19H,4-13H2,1-3H3,(H,20,21). The maximum absolute atomic E-state index is 11.9. The van der Waals surface area contributed by atoms with Gasteiger partial charge in [0.25, 0.3) is 0 Å². The second-order valence-corrected chi connectivity index (χ2v) is 8.03. The third kappa shape index (κ3) is 7.08. The highest BCUT2D eigenvalue weighted by Crippen LogP contribution is 2.26. The van der Waals surface area contributed by atoms with Crippen molar-refractivity contribution in [2.45, 2.75) is 70.9 Å². The topological polar surface area (TPSA) is 59.6 Å². The quantitative estimate of drug-likeness (QED) is 0.787. The van der Waals surface area contributed by atoms with Gasteiger partial charge in [-0.05, 0) is 51.9 Å². The number of carbonyl (C=O) groups is 1. The number of hydrogen-bond acceptors (Lipinski definition) is 4. The molecule has 0 radical (unpaired) electrons. The van der Waals surface area contributed by atoms with Crippen LogP contribution in [-0.4, -0.2) is 44.0 Å². The molecule has 0 aromatic rings. The van der Waals surface area contributed by atoms with Crippen LogP contribution in [-0.2, 0) is 9.47 Å². The third-order valence-corrected chi connectivity index (χ3v) is 4.78. The molecule has 2 N–H and O–H groups in total. The fourth-order valence-electron chi connectivity index (χ4n) is 3.51. The first-order valence-electron chi connectivity index (χ1n) is 9.22. The molecule has 2 unspecified atom stereocenters. The molecule has 2 aliphatic rings. The van der Waals surface area contributed by atoms with Crippen molar-refractivity contribution in [2.24, 2.45) is 11.8 Å². The fraction of sp³-hybridized carbons (Fsp3) is 0.944. The van der Waals surface area contributed by atoms with Gasteiger partial charge in [-0.25, -0.2) is 4.79 Å². The predicted molar refractivity (Wildman–Crippen MR) is 91.5 cm³/mol. The minimum Gasteiger partial charge on any atom is -0.444 e. The van der Waals surface area contributed by atoms with Gasteiger partial charge in [0.2, 0.25) is 0 Å². The SMILES string of the molecule is CC(C)(C)OC(=O)NCC(NCC1CCOC1)C1CCCCC1. The van der Waals surface area contributed by atoms with Crippen molar-refractivity contribution in [3.05, 3.63) is 0 Å². The Balaban J connectivity index is 1.80. The Morgan fingerprint density at radius 3 is 2.57 bits per heavy atom. The molecule has 2 atom stereocenters. The molecule has 0 spiro atoms. The number of carbonyl (C=O) groups excluding carboxylic acids is 1. The van der Waals surface area contributed by atoms with E-state index >= 15 is 0 Å². The predicted octanol–water partition coefficient (Wildman–Crippen LogP) is 3.09. The van der Waals surface area contributed by atoms with E-state index in [0.29, 0.717) is 24.4 Å². The maximum Gasteiger partial charge on any atom is 0.407 e. The smallest absolute Gasteiger partial charge is 0.407 e. The van der Waals surface area contributed by atoms with Crippen LogP contribution >= 0.6 is 0 Å². The van der Waals surface area contributed by atoms with Crippen LogP contribution in [0.2, 0.25) is 0 Å². The lowest BCUT2D eigenvalue weighted by molar-refractivity contribution is 0.0515. The van der Waals surface area contributed by atoms with Gasteiger partial charge in [0, 0.05) is 25.7 Å². The number of rotatable bonds is 6. The molecule has 2 rings (SSSR count). The Bertz CT molecular complexity index is 356. The maximum atomic E-state index is 11.9. The van der Waals surface area contributed by atoms with Crippen LogP contribution in [0, 0.1) is 11.8 Å². The molecule has 1 aliphatic carbocycles. The van der Waals surface area contributed by atoms with Gasteiger partial charge in [0.1, 0.15) is 5.60 Å². The van der Waals surface area contributed by atoms with Gasteiger partial charge >= 0.3 is 6.09 Å². The van der Waals surface area contributed by atoms with Crippen molar-refractivity contribution in [3.63, 3.8) is 0 Å². The van der Waals surface area contributed by atoms with E-state index in [0.717, 1.165) is 26.2 Å². The van der Waals surface area contributed by atoms with Crippen molar-refractivity contribution in [3.8, 4) is 0 Å². The summed E-state index contributed by atoms with van der Waals surface area (Å²) in [5.41, 5.74) is -0.445. The molecule has 1 aliphatic heterocycles. The Hall–Kier alpha value is -0.810. The minimum absolute atomic E-state index is 0.315. The van der Waals surface area contributed by atoms with Crippen LogP contribution in [0.4, 0.5) is 4.79 Å². The highest BCUT2D eigenvalue weighted by molar-refractivity contribution is 5.67. The summed E-state index contributed by atoms with van der Waals surface area (Å²) in [6.45, 7) is 9.06. The van der Waals surface area contributed by atoms with E-state index < -0.39 is 5.60 Å². The Labute approximate surface area is 140 Å². The lowest BCUT2D eigenvalue weighted by Gasteiger charge is -2.32. The molecule has 5 nitrogen and oxygen atoms in total. The molecule has 1 saturated carbocycles. The zero-order chi connectivity index (χ0) is 16.7. The number of amides is 1. The van der Waals surface area contributed by atoms with Crippen LogP contribution < -0.4 is 10.6 Å². The Morgan fingerprint density at radius 1 is 1.22 bits per heavy atom. The number of nitrogens with one attached hydrogen (secondary N) is 2. The van der Waals surface area contributed by atoms with Crippen molar-refractivity contribution in [1.29, 1.82) is 0 Å². The number of alkyl carbamates (subject to hydrolysis) is 1. The third-order valence-electron chi connectivity index (χ3n) is 4.78. The van der Waals surface area contributed by atoms with Gasteiger partial charge in [-0.3, -0.25) is 0 Å². The average Bonchev–Trinajstić information content (AvgIpc) is 3.00. The summed E-state index contributed by atoms with van der Waals surface area (Å²) < 4.78 is 10.8. The van der Waals surface area contributed by atoms with Crippen LogP contribution in [0.5, 0.6) is 0 Å². The van der Waals surface area contributed by atoms with Gasteiger partial charge in [0.15, 0.2) is 0 Å². The molecule has 0 aromatic carbocycles. The molecule has 2 fully saturated rings. The molecule has 1 amide bonds. The summed E-state index contributed by atoms with van der Waals surface area (Å²) in [7, 11) is 0. The van der Waals surface area contributed by atoms with Crippen molar-refractivity contribution in [2.75, 3.05) is 26.3 Å². The first kappa shape index (κ1) is 18.5. The van der Waals surface area contributed by atoms with E-state index in [1.807, 2.05) is 20.8 Å². The molecule has 134 valence electrons. The largest absolute Gasteiger partial charge is 0.444 e. The van der Waals surface area contributed by atoms with Gasteiger partial charge in [-0.2, -0.15) is 0 Å². The summed E-state index contributed by atoms with van der Waals surface area (Å²) in [4.78, 5) is 11.9. The molecule has 1 heterocycles. The summed E-state index contributed by atoms with van der Waals surface area (Å²) in [6.07, 6.45) is 7.31. The van der Waals surface area contributed by atoms with E-state index in [-0.39, 0.29) is 6.09 Å². The first-order chi connectivity index (χ1) is 10.9. The Kier molecular flexibility index (Phi) is 7.15. The lowest BCUT2D eigenvalue weighted by atomic mass is 9.83. The zero-order valence-electron chi connectivity index (χ0n) is 15.0. The monoisotopic (exact) mass is 326 g/mol. The zero-order valence-corrected chi connectivity index (χ0v) is 15.0. The van der Waals surface area contributed by atoms with Crippen molar-refractivity contribution < 1.29 is 14.3 Å². The molecule has 0 aromatic heterocycles. The van der Waals surface area contributed by atoms with Crippen LogP contribution in [0.15, 0.2) is 0 Å². The van der Waals surface area contributed by atoms with Crippen molar-refractivity contribution >= 4 is 6.09 Å². The van der Waals surface area contributed by atoms with Crippen LogP contribution in [0.3, 0.4) is 0 Å². The first-order valence-corrected chi connectivity index (χ1v) is 9.22. The number of ether oxygens (including phenoxy) is 2. The number of hydrogen-bond donors (Lipinski definition) is 2. The van der Waals surface area contributed by atoms with Crippen LogP contribution in [0.25, 0.3) is 0 Å². The minimum atomic E-state index is -0.445. The van der Waals surface area contributed by atoms with Crippen molar-refractivity contribution in [1.82, 2.24) is 10.6 Å². The Morgan fingerprint density at radius 2 is 1.96 bits per heavy atom. The average molecular weight is 326 g/mol.